The molecule has 1 aromatic rings. The number of aliphatic imine (C=N–C) groups is 1. The van der Waals surface area contributed by atoms with E-state index in [4.69, 9.17) is 5.84 Å². The first kappa shape index (κ1) is 10.5. The number of nitrogens with one attached hydrogen (secondary N) is 2. The number of hydrazine groups is 1. The van der Waals surface area contributed by atoms with Gasteiger partial charge in [-0.15, -0.1) is 0 Å². The summed E-state index contributed by atoms with van der Waals surface area (Å²) in [6.07, 6.45) is 2.82. The average Bonchev–Trinajstić information content (AvgIpc) is 2.58. The highest BCUT2D eigenvalue weighted by atomic mass is 15.4. The van der Waals surface area contributed by atoms with E-state index in [-0.39, 0.29) is 0 Å². The van der Waals surface area contributed by atoms with Crippen molar-refractivity contribution in [2.45, 2.75) is 13.3 Å². The molecular weight excluding hydrogens is 180 g/mol. The first-order valence-corrected chi connectivity index (χ1v) is 4.54. The number of nitrogens with zero attached hydrogens (tertiary/aromatic N) is 3. The zero-order chi connectivity index (χ0) is 10.4. The van der Waals surface area contributed by atoms with Crippen molar-refractivity contribution < 1.29 is 0 Å². The minimum absolute atomic E-state index is 0.533. The van der Waals surface area contributed by atoms with Gasteiger partial charge in [-0.1, -0.05) is 6.92 Å². The number of aryl methyl sites for hydroxylation is 1. The molecule has 1 aromatic heterocycles. The summed E-state index contributed by atoms with van der Waals surface area (Å²) in [4.78, 5) is 4.19. The van der Waals surface area contributed by atoms with E-state index in [2.05, 4.69) is 27.8 Å². The van der Waals surface area contributed by atoms with Crippen LogP contribution in [0, 0.1) is 0 Å². The summed E-state index contributed by atoms with van der Waals surface area (Å²) in [5.74, 6) is 6.55. The van der Waals surface area contributed by atoms with E-state index in [1.807, 2.05) is 19.3 Å². The van der Waals surface area contributed by atoms with Gasteiger partial charge in [0.15, 0.2) is 5.82 Å². The lowest BCUT2D eigenvalue weighted by Crippen LogP contribution is -2.36. The topological polar surface area (TPSA) is 80.3 Å². The van der Waals surface area contributed by atoms with Gasteiger partial charge in [0.25, 0.3) is 0 Å². The Hall–Kier alpha value is -1.56. The van der Waals surface area contributed by atoms with Crippen molar-refractivity contribution in [1.29, 1.82) is 0 Å². The Labute approximate surface area is 83.2 Å². The van der Waals surface area contributed by atoms with Crippen molar-refractivity contribution in [2.75, 3.05) is 11.9 Å². The predicted octanol–water partition coefficient (Wildman–Crippen LogP) is 0.0613. The maximum absolute atomic E-state index is 5.29. The maximum atomic E-state index is 5.29. The number of nitrogens with two attached hydrogens (primary N) is 1. The Morgan fingerprint density at radius 3 is 3.00 bits per heavy atom. The normalized spacial score (nSPS) is 11.5. The summed E-state index contributed by atoms with van der Waals surface area (Å²) in [6.45, 7) is 2.79. The third-order valence-corrected chi connectivity index (χ3v) is 1.59. The number of guanidine groups is 1. The lowest BCUT2D eigenvalue weighted by molar-refractivity contribution is 0.771. The summed E-state index contributed by atoms with van der Waals surface area (Å²) in [5.41, 5.74) is 2.48. The standard InChI is InChI=1S/C8H16N6/c1-3-5-10-8(12-9)11-7-4-6-14(2)13-7/h4,6H,3,5,9H2,1-2H3,(H2,10,11,12,13). The molecule has 0 saturated carbocycles. The van der Waals surface area contributed by atoms with Crippen LogP contribution in [-0.4, -0.2) is 22.3 Å². The smallest absolute Gasteiger partial charge is 0.211 e. The average molecular weight is 196 g/mol. The second-order valence-corrected chi connectivity index (χ2v) is 2.87. The molecule has 0 saturated heterocycles. The van der Waals surface area contributed by atoms with Gasteiger partial charge >= 0.3 is 0 Å². The fraction of sp³-hybridized carbons (Fsp3) is 0.500. The summed E-state index contributed by atoms with van der Waals surface area (Å²) in [6, 6.07) is 1.85. The molecule has 0 radical (unpaired) electrons. The number of anilines is 1. The molecule has 0 unspecified atom stereocenters. The lowest BCUT2D eigenvalue weighted by atomic mass is 10.5. The molecule has 6 heteroatoms. The Bertz CT molecular complexity index is 303. The van der Waals surface area contributed by atoms with Crippen molar-refractivity contribution in [2.24, 2.45) is 17.9 Å². The van der Waals surface area contributed by atoms with Gasteiger partial charge in [-0.05, 0) is 6.42 Å². The van der Waals surface area contributed by atoms with E-state index < -0.39 is 0 Å². The van der Waals surface area contributed by atoms with Gasteiger partial charge in [0.1, 0.15) is 0 Å². The molecule has 0 aliphatic carbocycles. The highest BCUT2D eigenvalue weighted by molar-refractivity contribution is 5.92. The second-order valence-electron chi connectivity index (χ2n) is 2.87. The molecule has 0 amide bonds. The Morgan fingerprint density at radius 1 is 1.71 bits per heavy atom. The largest absolute Gasteiger partial charge is 0.308 e. The summed E-state index contributed by atoms with van der Waals surface area (Å²) >= 11 is 0. The molecule has 1 heterocycles. The number of aromatic nitrogens is 2. The maximum Gasteiger partial charge on any atom is 0.211 e. The molecular formula is C8H16N6. The van der Waals surface area contributed by atoms with Crippen LogP contribution < -0.4 is 16.6 Å². The van der Waals surface area contributed by atoms with E-state index in [1.165, 1.54) is 0 Å². The molecule has 0 aromatic carbocycles. The molecule has 0 aliphatic heterocycles. The van der Waals surface area contributed by atoms with Crippen molar-refractivity contribution in [3.8, 4) is 0 Å². The molecule has 0 spiro atoms. The SMILES string of the molecule is CCCN=C(NN)Nc1ccn(C)n1. The van der Waals surface area contributed by atoms with Crippen LogP contribution in [0.15, 0.2) is 17.3 Å². The van der Waals surface area contributed by atoms with E-state index >= 15 is 0 Å². The summed E-state index contributed by atoms with van der Waals surface area (Å²) in [5, 5.41) is 7.10. The van der Waals surface area contributed by atoms with Crippen molar-refractivity contribution in [1.82, 2.24) is 15.2 Å². The fourth-order valence-electron chi connectivity index (χ4n) is 0.948. The Kier molecular flexibility index (Phi) is 3.93. The molecule has 0 aliphatic rings. The van der Waals surface area contributed by atoms with Crippen molar-refractivity contribution in [3.05, 3.63) is 12.3 Å². The van der Waals surface area contributed by atoms with Gasteiger partial charge in [0.05, 0.1) is 0 Å². The number of hydrogen-bond acceptors (Lipinski definition) is 3. The fourth-order valence-corrected chi connectivity index (χ4v) is 0.948. The minimum atomic E-state index is 0.533. The molecule has 0 bridgehead atoms. The second kappa shape index (κ2) is 5.23. The monoisotopic (exact) mass is 196 g/mol. The van der Waals surface area contributed by atoms with Gasteiger partial charge < -0.3 is 5.32 Å². The van der Waals surface area contributed by atoms with Crippen LogP contribution in [0.5, 0.6) is 0 Å². The third kappa shape index (κ3) is 3.06. The van der Waals surface area contributed by atoms with Crippen molar-refractivity contribution in [3.63, 3.8) is 0 Å². The van der Waals surface area contributed by atoms with E-state index in [9.17, 15) is 0 Å². The molecule has 6 nitrogen and oxygen atoms in total. The predicted molar refractivity (Wildman–Crippen MR) is 56.7 cm³/mol. The zero-order valence-electron chi connectivity index (χ0n) is 8.49. The highest BCUT2D eigenvalue weighted by Gasteiger charge is 1.99. The van der Waals surface area contributed by atoms with Gasteiger partial charge in [0.2, 0.25) is 5.96 Å². The quantitative estimate of drug-likeness (QED) is 0.276. The van der Waals surface area contributed by atoms with Gasteiger partial charge in [-0.3, -0.25) is 15.1 Å². The first-order chi connectivity index (χ1) is 6.76. The van der Waals surface area contributed by atoms with Crippen LogP contribution in [0.3, 0.4) is 0 Å². The molecule has 14 heavy (non-hydrogen) atoms. The number of rotatable bonds is 3. The third-order valence-electron chi connectivity index (χ3n) is 1.59. The lowest BCUT2D eigenvalue weighted by Gasteiger charge is -2.05. The molecule has 0 fully saturated rings. The Balaban J connectivity index is 2.56. The molecule has 78 valence electrons. The van der Waals surface area contributed by atoms with Crippen LogP contribution in [0.25, 0.3) is 0 Å². The first-order valence-electron chi connectivity index (χ1n) is 4.54. The molecule has 4 N–H and O–H groups in total. The van der Waals surface area contributed by atoms with Gasteiger partial charge in [-0.2, -0.15) is 5.10 Å². The van der Waals surface area contributed by atoms with E-state index in [0.29, 0.717) is 5.96 Å². The molecule has 1 rings (SSSR count). The highest BCUT2D eigenvalue weighted by Crippen LogP contribution is 1.99. The van der Waals surface area contributed by atoms with Crippen LogP contribution in [0.2, 0.25) is 0 Å². The van der Waals surface area contributed by atoms with Gasteiger partial charge in [-0.25, -0.2) is 5.84 Å². The summed E-state index contributed by atoms with van der Waals surface area (Å²) < 4.78 is 1.70. The van der Waals surface area contributed by atoms with E-state index in [0.717, 1.165) is 18.8 Å². The zero-order valence-corrected chi connectivity index (χ0v) is 8.49. The number of hydrogen-bond donors (Lipinski definition) is 3. The van der Waals surface area contributed by atoms with Crippen LogP contribution in [-0.2, 0) is 7.05 Å². The minimum Gasteiger partial charge on any atom is -0.308 e. The van der Waals surface area contributed by atoms with Crippen molar-refractivity contribution >= 4 is 11.8 Å². The molecule has 0 atom stereocenters. The van der Waals surface area contributed by atoms with E-state index in [1.54, 1.807) is 4.68 Å². The summed E-state index contributed by atoms with van der Waals surface area (Å²) in [7, 11) is 1.85. The Morgan fingerprint density at radius 2 is 2.50 bits per heavy atom. The van der Waals surface area contributed by atoms with Gasteiger partial charge in [0, 0.05) is 25.9 Å². The van der Waals surface area contributed by atoms with Crippen LogP contribution in [0.1, 0.15) is 13.3 Å². The van der Waals surface area contributed by atoms with Crippen LogP contribution >= 0.6 is 0 Å². The van der Waals surface area contributed by atoms with Crippen LogP contribution in [0.4, 0.5) is 5.82 Å².